The third-order valence-electron chi connectivity index (χ3n) is 1.95. The topological polar surface area (TPSA) is 38.9 Å². The molecule has 3 heteroatoms. The predicted octanol–water partition coefficient (Wildman–Crippen LogP) is 2.89. The summed E-state index contributed by atoms with van der Waals surface area (Å²) in [6, 6.07) is 7.78. The molecule has 0 radical (unpaired) electrons. The van der Waals surface area contributed by atoms with Crippen molar-refractivity contribution in [2.24, 2.45) is 0 Å². The minimum atomic E-state index is 0.724. The summed E-state index contributed by atoms with van der Waals surface area (Å²) in [6.45, 7) is 1.96. The van der Waals surface area contributed by atoms with Crippen LogP contribution in [0.15, 0.2) is 28.7 Å². The molecule has 0 bridgehead atoms. The first-order valence-corrected chi connectivity index (χ1v) is 4.79. The molecular formula is C10H9BrN2. The van der Waals surface area contributed by atoms with Crippen LogP contribution in [-0.2, 0) is 0 Å². The maximum Gasteiger partial charge on any atom is 0.0945 e. The third-order valence-corrected chi connectivity index (χ3v) is 2.60. The highest BCUT2D eigenvalue weighted by atomic mass is 79.9. The van der Waals surface area contributed by atoms with Crippen LogP contribution in [0.3, 0.4) is 0 Å². The van der Waals surface area contributed by atoms with Gasteiger partial charge in [-0.3, -0.25) is 4.98 Å². The normalized spacial score (nSPS) is 10.6. The van der Waals surface area contributed by atoms with Crippen molar-refractivity contribution in [3.05, 3.63) is 34.4 Å². The Labute approximate surface area is 84.9 Å². The lowest BCUT2D eigenvalue weighted by atomic mass is 10.2. The zero-order valence-corrected chi connectivity index (χ0v) is 8.80. The molecule has 0 aliphatic rings. The summed E-state index contributed by atoms with van der Waals surface area (Å²) < 4.78 is 1.04. The Hall–Kier alpha value is -1.09. The monoisotopic (exact) mass is 236 g/mol. The Morgan fingerprint density at radius 1 is 1.38 bits per heavy atom. The molecule has 0 amide bonds. The smallest absolute Gasteiger partial charge is 0.0945 e. The first-order valence-electron chi connectivity index (χ1n) is 4.00. The van der Waals surface area contributed by atoms with Crippen LogP contribution in [0.1, 0.15) is 5.69 Å². The summed E-state index contributed by atoms with van der Waals surface area (Å²) in [5, 5.41) is 1.06. The number of hydrogen-bond donors (Lipinski definition) is 1. The molecule has 0 unspecified atom stereocenters. The van der Waals surface area contributed by atoms with Crippen molar-refractivity contribution in [1.29, 1.82) is 0 Å². The maximum atomic E-state index is 5.81. The summed E-state index contributed by atoms with van der Waals surface area (Å²) in [7, 11) is 0. The van der Waals surface area contributed by atoms with Gasteiger partial charge in [0, 0.05) is 15.6 Å². The van der Waals surface area contributed by atoms with E-state index in [0.717, 1.165) is 26.8 Å². The lowest BCUT2D eigenvalue weighted by molar-refractivity contribution is 1.25. The van der Waals surface area contributed by atoms with Crippen molar-refractivity contribution in [1.82, 2.24) is 4.98 Å². The minimum Gasteiger partial charge on any atom is -0.397 e. The minimum absolute atomic E-state index is 0.724. The number of rotatable bonds is 0. The molecule has 1 aromatic carbocycles. The van der Waals surface area contributed by atoms with Crippen molar-refractivity contribution in [3.63, 3.8) is 0 Å². The second kappa shape index (κ2) is 3.00. The third kappa shape index (κ3) is 1.40. The number of pyridine rings is 1. The number of aromatic nitrogens is 1. The van der Waals surface area contributed by atoms with Crippen molar-refractivity contribution < 1.29 is 0 Å². The molecule has 2 aromatic rings. The van der Waals surface area contributed by atoms with Crippen LogP contribution in [0.2, 0.25) is 0 Å². The molecule has 13 heavy (non-hydrogen) atoms. The van der Waals surface area contributed by atoms with Gasteiger partial charge in [-0.2, -0.15) is 0 Å². The molecule has 0 aliphatic carbocycles. The van der Waals surface area contributed by atoms with Crippen LogP contribution in [0, 0.1) is 6.92 Å². The van der Waals surface area contributed by atoms with Gasteiger partial charge < -0.3 is 5.73 Å². The van der Waals surface area contributed by atoms with Crippen LogP contribution in [-0.4, -0.2) is 4.98 Å². The fourth-order valence-corrected chi connectivity index (χ4v) is 2.00. The van der Waals surface area contributed by atoms with E-state index >= 15 is 0 Å². The predicted molar refractivity (Wildman–Crippen MR) is 58.6 cm³/mol. The number of aryl methyl sites for hydroxylation is 1. The number of benzene rings is 1. The summed E-state index contributed by atoms with van der Waals surface area (Å²) >= 11 is 3.49. The second-order valence-electron chi connectivity index (χ2n) is 2.99. The molecule has 1 heterocycles. The van der Waals surface area contributed by atoms with Gasteiger partial charge in [0.2, 0.25) is 0 Å². The average molecular weight is 237 g/mol. The van der Waals surface area contributed by atoms with E-state index in [-0.39, 0.29) is 0 Å². The van der Waals surface area contributed by atoms with E-state index in [0.29, 0.717) is 0 Å². The molecule has 2 rings (SSSR count). The SMILES string of the molecule is Cc1cc(Br)c2cccc(N)c2n1. The van der Waals surface area contributed by atoms with Gasteiger partial charge in [0.1, 0.15) is 0 Å². The molecule has 0 spiro atoms. The van der Waals surface area contributed by atoms with Gasteiger partial charge in [-0.1, -0.05) is 28.1 Å². The summed E-state index contributed by atoms with van der Waals surface area (Å²) in [5.41, 5.74) is 8.37. The highest BCUT2D eigenvalue weighted by Gasteiger charge is 2.03. The number of nitrogens with two attached hydrogens (primary N) is 1. The fourth-order valence-electron chi connectivity index (χ4n) is 1.35. The Morgan fingerprint density at radius 3 is 2.92 bits per heavy atom. The van der Waals surface area contributed by atoms with E-state index in [9.17, 15) is 0 Å². The summed E-state index contributed by atoms with van der Waals surface area (Å²) in [6.07, 6.45) is 0. The Morgan fingerprint density at radius 2 is 2.15 bits per heavy atom. The van der Waals surface area contributed by atoms with Crippen LogP contribution < -0.4 is 5.73 Å². The maximum absolute atomic E-state index is 5.81. The molecule has 0 atom stereocenters. The van der Waals surface area contributed by atoms with Gasteiger partial charge in [0.15, 0.2) is 0 Å². The molecule has 0 aliphatic heterocycles. The molecule has 0 saturated carbocycles. The largest absolute Gasteiger partial charge is 0.397 e. The van der Waals surface area contributed by atoms with E-state index in [2.05, 4.69) is 20.9 Å². The highest BCUT2D eigenvalue weighted by molar-refractivity contribution is 9.10. The van der Waals surface area contributed by atoms with Crippen molar-refractivity contribution in [2.45, 2.75) is 6.92 Å². The van der Waals surface area contributed by atoms with E-state index in [1.54, 1.807) is 0 Å². The Balaban J connectivity index is 2.94. The number of hydrogen-bond acceptors (Lipinski definition) is 2. The van der Waals surface area contributed by atoms with E-state index in [4.69, 9.17) is 5.73 Å². The summed E-state index contributed by atoms with van der Waals surface area (Å²) in [5.74, 6) is 0. The number of para-hydroxylation sites is 1. The van der Waals surface area contributed by atoms with Gasteiger partial charge >= 0.3 is 0 Å². The van der Waals surface area contributed by atoms with Gasteiger partial charge in [-0.05, 0) is 19.1 Å². The molecule has 2 nitrogen and oxygen atoms in total. The van der Waals surface area contributed by atoms with E-state index in [1.165, 1.54) is 0 Å². The van der Waals surface area contributed by atoms with Crippen LogP contribution in [0.4, 0.5) is 5.69 Å². The lowest BCUT2D eigenvalue weighted by Crippen LogP contribution is -1.91. The fraction of sp³-hybridized carbons (Fsp3) is 0.100. The van der Waals surface area contributed by atoms with E-state index in [1.807, 2.05) is 31.2 Å². The molecule has 1 aromatic heterocycles. The van der Waals surface area contributed by atoms with Crippen molar-refractivity contribution >= 4 is 32.5 Å². The van der Waals surface area contributed by atoms with Gasteiger partial charge in [-0.15, -0.1) is 0 Å². The number of nitrogens with zero attached hydrogens (tertiary/aromatic N) is 1. The van der Waals surface area contributed by atoms with Gasteiger partial charge in [0.05, 0.1) is 11.2 Å². The molecule has 66 valence electrons. The van der Waals surface area contributed by atoms with Crippen molar-refractivity contribution in [2.75, 3.05) is 5.73 Å². The highest BCUT2D eigenvalue weighted by Crippen LogP contribution is 2.26. The standard InChI is InChI=1S/C10H9BrN2/c1-6-5-8(11)7-3-2-4-9(12)10(7)13-6/h2-5H,12H2,1H3. The number of anilines is 1. The van der Waals surface area contributed by atoms with E-state index < -0.39 is 0 Å². The number of halogens is 1. The molecule has 0 fully saturated rings. The van der Waals surface area contributed by atoms with Crippen molar-refractivity contribution in [3.8, 4) is 0 Å². The Bertz CT molecular complexity index is 466. The lowest BCUT2D eigenvalue weighted by Gasteiger charge is -2.03. The van der Waals surface area contributed by atoms with Crippen LogP contribution >= 0.6 is 15.9 Å². The van der Waals surface area contributed by atoms with Gasteiger partial charge in [0.25, 0.3) is 0 Å². The zero-order chi connectivity index (χ0) is 9.42. The molecular weight excluding hydrogens is 228 g/mol. The first kappa shape index (κ1) is 8.51. The summed E-state index contributed by atoms with van der Waals surface area (Å²) in [4.78, 5) is 4.38. The number of nitrogen functional groups attached to an aromatic ring is 1. The van der Waals surface area contributed by atoms with Crippen LogP contribution in [0.5, 0.6) is 0 Å². The van der Waals surface area contributed by atoms with Gasteiger partial charge in [-0.25, -0.2) is 0 Å². The average Bonchev–Trinajstić information content (AvgIpc) is 2.07. The number of fused-ring (bicyclic) bond motifs is 1. The van der Waals surface area contributed by atoms with Crippen LogP contribution in [0.25, 0.3) is 10.9 Å². The second-order valence-corrected chi connectivity index (χ2v) is 3.84. The Kier molecular flexibility index (Phi) is 1.96. The first-order chi connectivity index (χ1) is 6.18. The quantitative estimate of drug-likeness (QED) is 0.715. The zero-order valence-electron chi connectivity index (χ0n) is 7.21. The molecule has 0 saturated heterocycles. The molecule has 2 N–H and O–H groups in total.